The number of amides is 1. The van der Waals surface area contributed by atoms with Crippen LogP contribution in [-0.4, -0.2) is 21.1 Å². The van der Waals surface area contributed by atoms with Gasteiger partial charge in [-0.2, -0.15) is 0 Å². The van der Waals surface area contributed by atoms with Crippen LogP contribution >= 0.6 is 58.1 Å². The van der Waals surface area contributed by atoms with E-state index >= 15 is 0 Å². The Morgan fingerprint density at radius 2 is 1.82 bits per heavy atom. The third-order valence-corrected chi connectivity index (χ3v) is 7.97. The first-order chi connectivity index (χ1) is 15.9. The minimum Gasteiger partial charge on any atom is -0.507 e. The lowest BCUT2D eigenvalue weighted by Crippen LogP contribution is -2.33. The number of anilines is 1. The van der Waals surface area contributed by atoms with Crippen molar-refractivity contribution in [3.8, 4) is 16.3 Å². The van der Waals surface area contributed by atoms with Crippen LogP contribution in [0.4, 0.5) is 5.69 Å². The topological polar surface area (TPSA) is 74.2 Å². The van der Waals surface area contributed by atoms with Crippen LogP contribution in [0.5, 0.6) is 5.75 Å². The molecule has 0 atom stereocenters. The lowest BCUT2D eigenvalue weighted by atomic mass is 10.2. The molecule has 3 N–H and O–H groups in total. The molecule has 5 nitrogen and oxygen atoms in total. The summed E-state index contributed by atoms with van der Waals surface area (Å²) in [6.07, 6.45) is 0. The second kappa shape index (κ2) is 8.89. The minimum atomic E-state index is -0.417. The standard InChI is InChI=1S/C23H13Cl2N3O2S3/c24-11-5-7-13-18(9-11)32-20(19(13)25)21(30)28-23(31)26-12-6-8-16(29)14(10-12)22-27-15-3-1-2-4-17(15)33-22/h1-10,29H,(H2,26,28,30,31). The van der Waals surface area contributed by atoms with Crippen LogP contribution < -0.4 is 10.6 Å². The molecule has 0 radical (unpaired) electrons. The van der Waals surface area contributed by atoms with Gasteiger partial charge in [-0.25, -0.2) is 4.98 Å². The Labute approximate surface area is 211 Å². The molecule has 0 saturated carbocycles. The lowest BCUT2D eigenvalue weighted by molar-refractivity contribution is 0.0982. The Morgan fingerprint density at radius 3 is 2.64 bits per heavy atom. The number of phenols is 1. The lowest BCUT2D eigenvalue weighted by Gasteiger charge is -2.11. The van der Waals surface area contributed by atoms with Crippen molar-refractivity contribution in [1.82, 2.24) is 10.3 Å². The Balaban J connectivity index is 1.35. The molecule has 33 heavy (non-hydrogen) atoms. The fourth-order valence-corrected chi connectivity index (χ4v) is 6.17. The van der Waals surface area contributed by atoms with Gasteiger partial charge in [0.25, 0.3) is 5.91 Å². The highest BCUT2D eigenvalue weighted by Gasteiger charge is 2.19. The summed E-state index contributed by atoms with van der Waals surface area (Å²) in [7, 11) is 0. The van der Waals surface area contributed by atoms with E-state index in [4.69, 9.17) is 35.4 Å². The maximum atomic E-state index is 12.8. The van der Waals surface area contributed by atoms with Crippen molar-refractivity contribution in [1.29, 1.82) is 0 Å². The van der Waals surface area contributed by atoms with E-state index in [1.807, 2.05) is 24.3 Å². The second-order valence-corrected chi connectivity index (χ2v) is 10.3. The average molecular weight is 530 g/mol. The van der Waals surface area contributed by atoms with Crippen molar-refractivity contribution in [2.75, 3.05) is 5.32 Å². The number of para-hydroxylation sites is 1. The fraction of sp³-hybridized carbons (Fsp3) is 0. The van der Waals surface area contributed by atoms with E-state index < -0.39 is 5.91 Å². The van der Waals surface area contributed by atoms with Gasteiger partial charge in [0.05, 0.1) is 20.8 Å². The van der Waals surface area contributed by atoms with Gasteiger partial charge in [0, 0.05) is 20.8 Å². The molecule has 0 aliphatic heterocycles. The number of thiocarbonyl (C=S) groups is 1. The van der Waals surface area contributed by atoms with E-state index in [0.29, 0.717) is 31.2 Å². The van der Waals surface area contributed by atoms with E-state index in [-0.39, 0.29) is 10.9 Å². The van der Waals surface area contributed by atoms with Crippen molar-refractivity contribution in [3.05, 3.63) is 75.6 Å². The Kier molecular flexibility index (Phi) is 5.94. The van der Waals surface area contributed by atoms with E-state index in [1.54, 1.807) is 36.4 Å². The molecule has 0 saturated heterocycles. The molecule has 2 aromatic heterocycles. The molecule has 164 valence electrons. The van der Waals surface area contributed by atoms with Crippen molar-refractivity contribution >= 4 is 95.1 Å². The van der Waals surface area contributed by atoms with Crippen molar-refractivity contribution in [2.45, 2.75) is 0 Å². The summed E-state index contributed by atoms with van der Waals surface area (Å²) in [5.74, 6) is -0.315. The molecule has 0 bridgehead atoms. The summed E-state index contributed by atoms with van der Waals surface area (Å²) in [6, 6.07) is 18.0. The summed E-state index contributed by atoms with van der Waals surface area (Å²) in [5, 5.41) is 18.5. The predicted molar refractivity (Wildman–Crippen MR) is 142 cm³/mol. The van der Waals surface area contributed by atoms with Gasteiger partial charge in [-0.15, -0.1) is 22.7 Å². The summed E-state index contributed by atoms with van der Waals surface area (Å²) < 4.78 is 1.84. The van der Waals surface area contributed by atoms with Crippen LogP contribution in [0.2, 0.25) is 10.0 Å². The number of aromatic hydroxyl groups is 1. The second-order valence-electron chi connectivity index (χ2n) is 7.01. The highest BCUT2D eigenvalue weighted by atomic mass is 35.5. The first-order valence-corrected chi connectivity index (χ1v) is 12.4. The molecule has 2 heterocycles. The third kappa shape index (κ3) is 4.40. The molecule has 0 unspecified atom stereocenters. The monoisotopic (exact) mass is 529 g/mol. The first kappa shape index (κ1) is 22.1. The number of halogens is 2. The number of fused-ring (bicyclic) bond motifs is 2. The third-order valence-electron chi connectivity index (χ3n) is 4.80. The maximum Gasteiger partial charge on any atom is 0.269 e. The number of thiazole rings is 1. The number of hydrogen-bond donors (Lipinski definition) is 3. The Bertz CT molecular complexity index is 1530. The normalized spacial score (nSPS) is 11.1. The number of phenolic OH excluding ortho intramolecular Hbond substituents is 1. The zero-order chi connectivity index (χ0) is 23.1. The number of rotatable bonds is 3. The van der Waals surface area contributed by atoms with Crippen LogP contribution in [0.3, 0.4) is 0 Å². The SMILES string of the molecule is O=C(NC(=S)Nc1ccc(O)c(-c2nc3ccccc3s2)c1)c1sc2cc(Cl)ccc2c1Cl. The molecule has 0 spiro atoms. The number of nitrogens with one attached hydrogen (secondary N) is 2. The molecule has 1 amide bonds. The van der Waals surface area contributed by atoms with Crippen LogP contribution in [0.25, 0.3) is 30.9 Å². The van der Waals surface area contributed by atoms with Crippen LogP contribution in [0.15, 0.2) is 60.7 Å². The van der Waals surface area contributed by atoms with Crippen molar-refractivity contribution in [2.24, 2.45) is 0 Å². The summed E-state index contributed by atoms with van der Waals surface area (Å²) in [4.78, 5) is 17.7. The molecule has 0 aliphatic carbocycles. The van der Waals surface area contributed by atoms with E-state index in [2.05, 4.69) is 15.6 Å². The molecule has 0 aliphatic rings. The van der Waals surface area contributed by atoms with Gasteiger partial charge in [-0.05, 0) is 54.7 Å². The maximum absolute atomic E-state index is 12.8. The van der Waals surface area contributed by atoms with Gasteiger partial charge in [0.15, 0.2) is 5.11 Å². The Morgan fingerprint density at radius 1 is 1.00 bits per heavy atom. The van der Waals surface area contributed by atoms with Crippen LogP contribution in [-0.2, 0) is 0 Å². The molecule has 5 rings (SSSR count). The van der Waals surface area contributed by atoms with Gasteiger partial charge in [0.1, 0.15) is 15.6 Å². The van der Waals surface area contributed by atoms with E-state index in [0.717, 1.165) is 20.3 Å². The van der Waals surface area contributed by atoms with Crippen LogP contribution in [0, 0.1) is 0 Å². The highest BCUT2D eigenvalue weighted by molar-refractivity contribution is 7.80. The number of aromatic nitrogens is 1. The molecule has 0 fully saturated rings. The molecule has 10 heteroatoms. The smallest absolute Gasteiger partial charge is 0.269 e. The van der Waals surface area contributed by atoms with E-state index in [9.17, 15) is 9.90 Å². The highest BCUT2D eigenvalue weighted by Crippen LogP contribution is 2.38. The number of hydrogen-bond acceptors (Lipinski definition) is 6. The Hall–Kier alpha value is -2.75. The van der Waals surface area contributed by atoms with Crippen molar-refractivity contribution in [3.63, 3.8) is 0 Å². The predicted octanol–water partition coefficient (Wildman–Crippen LogP) is 7.32. The molecular formula is C23H13Cl2N3O2S3. The molecular weight excluding hydrogens is 517 g/mol. The number of carbonyl (C=O) groups is 1. The number of thiophene rings is 1. The van der Waals surface area contributed by atoms with Gasteiger partial charge >= 0.3 is 0 Å². The summed E-state index contributed by atoms with van der Waals surface area (Å²) in [6.45, 7) is 0. The minimum absolute atomic E-state index is 0.102. The molecule has 5 aromatic rings. The van der Waals surface area contributed by atoms with E-state index in [1.165, 1.54) is 22.7 Å². The largest absolute Gasteiger partial charge is 0.507 e. The van der Waals surface area contributed by atoms with Gasteiger partial charge in [0.2, 0.25) is 0 Å². The van der Waals surface area contributed by atoms with Crippen molar-refractivity contribution < 1.29 is 9.90 Å². The fourth-order valence-electron chi connectivity index (χ4n) is 3.28. The van der Waals surface area contributed by atoms with Crippen LogP contribution in [0.1, 0.15) is 9.67 Å². The summed E-state index contributed by atoms with van der Waals surface area (Å²) >= 11 is 20.5. The first-order valence-electron chi connectivity index (χ1n) is 9.58. The van der Waals surface area contributed by atoms with Gasteiger partial charge in [-0.1, -0.05) is 41.4 Å². The quantitative estimate of drug-likeness (QED) is 0.168. The number of carbonyl (C=O) groups excluding carboxylic acids is 1. The zero-order valence-corrected chi connectivity index (χ0v) is 20.5. The van der Waals surface area contributed by atoms with Gasteiger partial charge in [-0.3, -0.25) is 10.1 Å². The summed E-state index contributed by atoms with van der Waals surface area (Å²) in [5.41, 5.74) is 2.03. The average Bonchev–Trinajstić information content (AvgIpc) is 3.36. The van der Waals surface area contributed by atoms with Gasteiger partial charge < -0.3 is 10.4 Å². The number of nitrogens with zero attached hydrogens (tertiary/aromatic N) is 1. The number of benzene rings is 3. The zero-order valence-electron chi connectivity index (χ0n) is 16.6. The molecule has 3 aromatic carbocycles.